The molecule has 0 radical (unpaired) electrons. The zero-order valence-electron chi connectivity index (χ0n) is 15.5. The summed E-state index contributed by atoms with van der Waals surface area (Å²) in [6, 6.07) is 10.8. The van der Waals surface area contributed by atoms with Gasteiger partial charge in [0.25, 0.3) is 5.91 Å². The Kier molecular flexibility index (Phi) is 7.70. The maximum atomic E-state index is 12.0. The van der Waals surface area contributed by atoms with Gasteiger partial charge in [0.2, 0.25) is 0 Å². The zero-order valence-corrected chi connectivity index (χ0v) is 15.5. The fourth-order valence-electron chi connectivity index (χ4n) is 2.26. The number of anilines is 2. The van der Waals surface area contributed by atoms with Gasteiger partial charge in [-0.25, -0.2) is 4.98 Å². The smallest absolute Gasteiger partial charge is 0.262 e. The molecule has 7 heteroatoms. The second kappa shape index (κ2) is 10.2. The Bertz CT molecular complexity index is 689. The maximum Gasteiger partial charge on any atom is 0.262 e. The van der Waals surface area contributed by atoms with Crippen molar-refractivity contribution in [2.75, 3.05) is 51.5 Å². The number of carbonyl (C=O) groups is 1. The SMILES string of the molecule is COc1ccccc1OCC(=O)Nc1ccc(NCCCN(C)C)nc1. The summed E-state index contributed by atoms with van der Waals surface area (Å²) in [6.45, 7) is 1.77. The van der Waals surface area contributed by atoms with Gasteiger partial charge in [-0.05, 0) is 51.3 Å². The third-order valence-electron chi connectivity index (χ3n) is 3.56. The number of benzene rings is 1. The second-order valence-corrected chi connectivity index (χ2v) is 6.00. The average molecular weight is 358 g/mol. The highest BCUT2D eigenvalue weighted by molar-refractivity contribution is 5.91. The maximum absolute atomic E-state index is 12.0. The van der Waals surface area contributed by atoms with Gasteiger partial charge in [0, 0.05) is 6.54 Å². The molecule has 0 saturated carbocycles. The number of carbonyl (C=O) groups excluding carboxylic acids is 1. The predicted molar refractivity (Wildman–Crippen MR) is 103 cm³/mol. The molecule has 0 fully saturated rings. The van der Waals surface area contributed by atoms with Crippen molar-refractivity contribution in [3.8, 4) is 11.5 Å². The number of ether oxygens (including phenoxy) is 2. The number of amides is 1. The Morgan fingerprint density at radius 1 is 1.15 bits per heavy atom. The molecule has 0 aliphatic carbocycles. The lowest BCUT2D eigenvalue weighted by atomic mass is 10.3. The van der Waals surface area contributed by atoms with Gasteiger partial charge in [-0.2, -0.15) is 0 Å². The number of hydrogen-bond donors (Lipinski definition) is 2. The van der Waals surface area contributed by atoms with Crippen LogP contribution in [0.2, 0.25) is 0 Å². The molecule has 2 aromatic rings. The van der Waals surface area contributed by atoms with Crippen molar-refractivity contribution in [1.29, 1.82) is 0 Å². The van der Waals surface area contributed by atoms with Gasteiger partial charge in [0.05, 0.1) is 19.0 Å². The number of para-hydroxylation sites is 2. The van der Waals surface area contributed by atoms with Crippen molar-refractivity contribution in [2.45, 2.75) is 6.42 Å². The first-order chi connectivity index (χ1) is 12.6. The molecule has 0 aliphatic heterocycles. The molecule has 140 valence electrons. The normalized spacial score (nSPS) is 10.5. The number of hydrogen-bond acceptors (Lipinski definition) is 6. The van der Waals surface area contributed by atoms with Crippen molar-refractivity contribution in [1.82, 2.24) is 9.88 Å². The minimum atomic E-state index is -0.260. The van der Waals surface area contributed by atoms with Crippen LogP contribution in [0.3, 0.4) is 0 Å². The molecule has 0 aliphatic rings. The van der Waals surface area contributed by atoms with Gasteiger partial charge in [0.15, 0.2) is 18.1 Å². The lowest BCUT2D eigenvalue weighted by molar-refractivity contribution is -0.118. The second-order valence-electron chi connectivity index (χ2n) is 6.00. The van der Waals surface area contributed by atoms with E-state index in [2.05, 4.69) is 20.5 Å². The highest BCUT2D eigenvalue weighted by atomic mass is 16.5. The molecular formula is C19H26N4O3. The lowest BCUT2D eigenvalue weighted by Crippen LogP contribution is -2.20. The lowest BCUT2D eigenvalue weighted by Gasteiger charge is -2.11. The summed E-state index contributed by atoms with van der Waals surface area (Å²) in [5, 5.41) is 6.01. The monoisotopic (exact) mass is 358 g/mol. The topological polar surface area (TPSA) is 75.7 Å². The van der Waals surface area contributed by atoms with Crippen molar-refractivity contribution >= 4 is 17.4 Å². The number of aromatic nitrogens is 1. The molecule has 1 aromatic carbocycles. The van der Waals surface area contributed by atoms with Gasteiger partial charge in [-0.3, -0.25) is 4.79 Å². The minimum absolute atomic E-state index is 0.106. The fourth-order valence-corrected chi connectivity index (χ4v) is 2.26. The van der Waals surface area contributed by atoms with Crippen LogP contribution in [0.1, 0.15) is 6.42 Å². The quantitative estimate of drug-likeness (QED) is 0.636. The molecule has 1 heterocycles. The molecule has 1 aromatic heterocycles. The van der Waals surface area contributed by atoms with Gasteiger partial charge >= 0.3 is 0 Å². The van der Waals surface area contributed by atoms with Crippen LogP contribution in [0, 0.1) is 0 Å². The van der Waals surface area contributed by atoms with E-state index in [0.717, 1.165) is 25.3 Å². The summed E-state index contributed by atoms with van der Waals surface area (Å²) in [7, 11) is 5.66. The van der Waals surface area contributed by atoms with Gasteiger partial charge in [-0.15, -0.1) is 0 Å². The van der Waals surface area contributed by atoms with Crippen LogP contribution in [0.25, 0.3) is 0 Å². The van der Waals surface area contributed by atoms with Crippen molar-refractivity contribution in [3.05, 3.63) is 42.6 Å². The highest BCUT2D eigenvalue weighted by Crippen LogP contribution is 2.25. The van der Waals surface area contributed by atoms with Crippen LogP contribution in [-0.4, -0.2) is 56.7 Å². The Morgan fingerprint density at radius 2 is 1.92 bits per heavy atom. The molecule has 26 heavy (non-hydrogen) atoms. The van der Waals surface area contributed by atoms with Gasteiger partial charge in [-0.1, -0.05) is 12.1 Å². The van der Waals surface area contributed by atoms with E-state index in [4.69, 9.17) is 9.47 Å². The highest BCUT2D eigenvalue weighted by Gasteiger charge is 2.07. The number of rotatable bonds is 10. The fraction of sp³-hybridized carbons (Fsp3) is 0.368. The van der Waals surface area contributed by atoms with Crippen molar-refractivity contribution < 1.29 is 14.3 Å². The summed E-state index contributed by atoms with van der Waals surface area (Å²) in [6.07, 6.45) is 2.66. The summed E-state index contributed by atoms with van der Waals surface area (Å²) >= 11 is 0. The van der Waals surface area contributed by atoms with Gasteiger partial charge < -0.3 is 25.0 Å². The van der Waals surface area contributed by atoms with Crippen molar-refractivity contribution in [2.24, 2.45) is 0 Å². The number of pyridine rings is 1. The Morgan fingerprint density at radius 3 is 2.58 bits per heavy atom. The van der Waals surface area contributed by atoms with Gasteiger partial charge in [0.1, 0.15) is 5.82 Å². The first kappa shape index (κ1) is 19.5. The van der Waals surface area contributed by atoms with E-state index in [-0.39, 0.29) is 12.5 Å². The van der Waals surface area contributed by atoms with Crippen LogP contribution in [0.5, 0.6) is 11.5 Å². The first-order valence-corrected chi connectivity index (χ1v) is 8.49. The van der Waals surface area contributed by atoms with E-state index < -0.39 is 0 Å². The molecular weight excluding hydrogens is 332 g/mol. The van der Waals surface area contributed by atoms with Crippen LogP contribution < -0.4 is 20.1 Å². The molecule has 2 N–H and O–H groups in total. The largest absolute Gasteiger partial charge is 0.493 e. The van der Waals surface area contributed by atoms with Crippen LogP contribution in [0.15, 0.2) is 42.6 Å². The van der Waals surface area contributed by atoms with E-state index in [1.807, 2.05) is 38.4 Å². The molecule has 0 spiro atoms. The van der Waals surface area contributed by atoms with Crippen LogP contribution >= 0.6 is 0 Å². The summed E-state index contributed by atoms with van der Waals surface area (Å²) in [5.74, 6) is 1.64. The Hall–Kier alpha value is -2.80. The molecule has 0 atom stereocenters. The van der Waals surface area contributed by atoms with E-state index >= 15 is 0 Å². The average Bonchev–Trinajstić information content (AvgIpc) is 2.65. The van der Waals surface area contributed by atoms with Crippen LogP contribution in [0.4, 0.5) is 11.5 Å². The van der Waals surface area contributed by atoms with E-state index in [0.29, 0.717) is 17.2 Å². The third kappa shape index (κ3) is 6.60. The standard InChI is InChI=1S/C19H26N4O3/c1-23(2)12-6-11-20-18-10-9-15(13-21-18)22-19(24)14-26-17-8-5-4-7-16(17)25-3/h4-5,7-10,13H,6,11-12,14H2,1-3H3,(H,20,21)(H,22,24). The van der Waals surface area contributed by atoms with E-state index in [9.17, 15) is 4.79 Å². The Balaban J connectivity index is 1.76. The van der Waals surface area contributed by atoms with Crippen molar-refractivity contribution in [3.63, 3.8) is 0 Å². The third-order valence-corrected chi connectivity index (χ3v) is 3.56. The summed E-state index contributed by atoms with van der Waals surface area (Å²) in [4.78, 5) is 18.5. The molecule has 0 unspecified atom stereocenters. The predicted octanol–water partition coefficient (Wildman–Crippen LogP) is 2.47. The molecule has 1 amide bonds. The number of nitrogens with zero attached hydrogens (tertiary/aromatic N) is 2. The first-order valence-electron chi connectivity index (χ1n) is 8.49. The molecule has 2 rings (SSSR count). The zero-order chi connectivity index (χ0) is 18.8. The summed E-state index contributed by atoms with van der Waals surface area (Å²) in [5.41, 5.74) is 0.623. The number of nitrogens with one attached hydrogen (secondary N) is 2. The molecule has 0 saturated heterocycles. The van der Waals surface area contributed by atoms with Crippen LogP contribution in [-0.2, 0) is 4.79 Å². The minimum Gasteiger partial charge on any atom is -0.493 e. The van der Waals surface area contributed by atoms with E-state index in [1.54, 1.807) is 25.4 Å². The molecule has 0 bridgehead atoms. The Labute approximate surface area is 154 Å². The summed E-state index contributed by atoms with van der Waals surface area (Å²) < 4.78 is 10.7. The molecule has 7 nitrogen and oxygen atoms in total. The van der Waals surface area contributed by atoms with E-state index in [1.165, 1.54) is 0 Å². The number of methoxy groups -OCH3 is 1.